The van der Waals surface area contributed by atoms with Crippen LogP contribution in [0.1, 0.15) is 92.4 Å². The van der Waals surface area contributed by atoms with Crippen molar-refractivity contribution in [3.05, 3.63) is 59.2 Å². The Labute approximate surface area is 302 Å². The van der Waals surface area contributed by atoms with E-state index < -0.39 is 91.2 Å². The number of benzene rings is 1. The highest BCUT2D eigenvalue weighted by Crippen LogP contribution is 2.66. The Morgan fingerprint density at radius 2 is 1.41 bits per heavy atom. The first-order chi connectivity index (χ1) is 23.3. The lowest BCUT2D eigenvalue weighted by molar-refractivity contribution is -0.213. The van der Waals surface area contributed by atoms with Gasteiger partial charge in [-0.15, -0.1) is 0 Å². The summed E-state index contributed by atoms with van der Waals surface area (Å²) in [4.78, 5) is 53.3. The smallest absolute Gasteiger partial charge is 0.338 e. The second-order valence-electron chi connectivity index (χ2n) is 16.7. The third-order valence-corrected chi connectivity index (χ3v) is 16.4. The number of aliphatic hydroxyl groups excluding tert-OH is 1. The van der Waals surface area contributed by atoms with Gasteiger partial charge in [0.15, 0.2) is 20.5 Å². The van der Waals surface area contributed by atoms with E-state index in [2.05, 4.69) is 40.4 Å². The van der Waals surface area contributed by atoms with Crippen LogP contribution < -0.4 is 0 Å². The second kappa shape index (κ2) is 13.9. The molecule has 3 aliphatic carbocycles. The number of carbonyl (C=O) groups excluding carboxylic acids is 4. The van der Waals surface area contributed by atoms with Crippen LogP contribution in [0.2, 0.25) is 18.1 Å². The molecule has 1 aromatic rings. The van der Waals surface area contributed by atoms with E-state index in [1.54, 1.807) is 51.1 Å². The molecule has 0 radical (unpaired) electrons. The first kappa shape index (κ1) is 40.4. The van der Waals surface area contributed by atoms with Crippen molar-refractivity contribution in [2.75, 3.05) is 0 Å². The van der Waals surface area contributed by atoms with Gasteiger partial charge in [-0.3, -0.25) is 14.4 Å². The van der Waals surface area contributed by atoms with Crippen LogP contribution in [0.3, 0.4) is 0 Å². The van der Waals surface area contributed by atoms with Crippen molar-refractivity contribution in [3.8, 4) is 0 Å². The maximum absolute atomic E-state index is 14.1. The van der Waals surface area contributed by atoms with E-state index >= 15 is 0 Å². The van der Waals surface area contributed by atoms with Gasteiger partial charge < -0.3 is 33.6 Å². The standard InChI is InChI=1S/C39H56O11Si/c1-21-27(43)19-29(46-23(3)40)38(11)31(21)33(47-24(4)41)39(37(9,10)45)20-28(50-51(12,13)36(6,7)8)22(2)30(39)32(34(38)48-25(5)42)49-35(44)26-17-15-14-16-18-26/h14-18,27-29,31-34,43,45H,1,19-20H2,2-13H3/t27-,28-,29-,31-,32+,33-,34-,38+,39-/m0/s1. The second-order valence-corrected chi connectivity index (χ2v) is 21.5. The Hall–Kier alpha value is -3.32. The molecule has 0 unspecified atom stereocenters. The lowest BCUT2D eigenvalue weighted by Crippen LogP contribution is -2.64. The highest BCUT2D eigenvalue weighted by molar-refractivity contribution is 6.74. The number of fused-ring (bicyclic) bond motifs is 2. The summed E-state index contributed by atoms with van der Waals surface area (Å²) in [7, 11) is -2.52. The summed E-state index contributed by atoms with van der Waals surface area (Å²) in [6.45, 7) is 25.2. The van der Waals surface area contributed by atoms with Gasteiger partial charge in [-0.2, -0.15) is 0 Å². The molecule has 0 aliphatic heterocycles. The summed E-state index contributed by atoms with van der Waals surface area (Å²) in [5, 5.41) is 23.9. The molecule has 12 heteroatoms. The SMILES string of the molecule is C=C1[C@@H](O)C[C@H](OC(C)=O)[C@@]2(C)[C@@H](OC(C)=O)[C@H](OC(=O)c3ccccc3)C3=C(C)[C@@H](O[Si](C)(C)C(C)(C)C)C[C@@]3(C(C)(C)O)[C@@H](OC(C)=O)[C@H]12. The number of rotatable bonds is 8. The van der Waals surface area contributed by atoms with Crippen LogP contribution in [0.25, 0.3) is 0 Å². The molecule has 9 atom stereocenters. The molecule has 2 N–H and O–H groups in total. The van der Waals surface area contributed by atoms with Crippen LogP contribution in [-0.4, -0.2) is 84.6 Å². The van der Waals surface area contributed by atoms with Gasteiger partial charge in [0.1, 0.15) is 12.2 Å². The number of carbonyl (C=O) groups is 4. The van der Waals surface area contributed by atoms with Crippen molar-refractivity contribution >= 4 is 32.2 Å². The molecular formula is C39H56O11Si. The highest BCUT2D eigenvalue weighted by atomic mass is 28.4. The van der Waals surface area contributed by atoms with E-state index in [1.165, 1.54) is 20.8 Å². The first-order valence-electron chi connectivity index (χ1n) is 17.6. The van der Waals surface area contributed by atoms with Crippen molar-refractivity contribution < 1.29 is 52.8 Å². The third kappa shape index (κ3) is 7.08. The largest absolute Gasteiger partial charge is 0.462 e. The van der Waals surface area contributed by atoms with E-state index in [0.717, 1.165) is 0 Å². The molecule has 3 aliphatic rings. The van der Waals surface area contributed by atoms with Gasteiger partial charge in [-0.1, -0.05) is 52.5 Å². The van der Waals surface area contributed by atoms with Gasteiger partial charge >= 0.3 is 23.9 Å². The predicted molar refractivity (Wildman–Crippen MR) is 192 cm³/mol. The van der Waals surface area contributed by atoms with E-state index in [-0.39, 0.29) is 29.0 Å². The van der Waals surface area contributed by atoms with Gasteiger partial charge in [0.25, 0.3) is 0 Å². The molecule has 0 aromatic heterocycles. The van der Waals surface area contributed by atoms with Crippen molar-refractivity contribution in [1.29, 1.82) is 0 Å². The lowest BCUT2D eigenvalue weighted by atomic mass is 9.54. The van der Waals surface area contributed by atoms with Crippen LogP contribution in [0.4, 0.5) is 0 Å². The molecule has 282 valence electrons. The van der Waals surface area contributed by atoms with Crippen LogP contribution in [-0.2, 0) is 37.8 Å². The average molecular weight is 729 g/mol. The lowest BCUT2D eigenvalue weighted by Gasteiger charge is -2.55. The van der Waals surface area contributed by atoms with E-state index in [1.807, 2.05) is 6.92 Å². The molecular weight excluding hydrogens is 673 g/mol. The first-order valence-corrected chi connectivity index (χ1v) is 20.5. The Morgan fingerprint density at radius 3 is 1.90 bits per heavy atom. The number of aliphatic hydroxyl groups is 2. The monoisotopic (exact) mass is 728 g/mol. The fourth-order valence-corrected chi connectivity index (χ4v) is 9.77. The molecule has 11 nitrogen and oxygen atoms in total. The van der Waals surface area contributed by atoms with Gasteiger partial charge in [0.05, 0.1) is 34.2 Å². The third-order valence-electron chi connectivity index (χ3n) is 12.0. The average Bonchev–Trinajstić information content (AvgIpc) is 3.24. The predicted octanol–water partition coefficient (Wildman–Crippen LogP) is 5.83. The van der Waals surface area contributed by atoms with Crippen LogP contribution >= 0.6 is 0 Å². The summed E-state index contributed by atoms with van der Waals surface area (Å²) in [6.07, 6.45) is -7.15. The molecule has 0 heterocycles. The molecule has 2 fully saturated rings. The highest BCUT2D eigenvalue weighted by Gasteiger charge is 2.74. The molecule has 0 amide bonds. The number of hydrogen-bond acceptors (Lipinski definition) is 11. The van der Waals surface area contributed by atoms with Crippen molar-refractivity contribution in [2.24, 2.45) is 16.7 Å². The molecule has 1 aromatic carbocycles. The number of ether oxygens (including phenoxy) is 4. The number of hydrogen-bond donors (Lipinski definition) is 2. The van der Waals surface area contributed by atoms with Gasteiger partial charge in [0.2, 0.25) is 0 Å². The minimum Gasteiger partial charge on any atom is -0.462 e. The quantitative estimate of drug-likeness (QED) is 0.144. The Kier molecular flexibility index (Phi) is 11.0. The van der Waals surface area contributed by atoms with E-state index in [9.17, 15) is 29.4 Å². The summed E-state index contributed by atoms with van der Waals surface area (Å²) in [5.41, 5.74) is -3.37. The van der Waals surface area contributed by atoms with Gasteiger partial charge in [-0.05, 0) is 74.2 Å². The molecule has 0 saturated heterocycles. The fourth-order valence-electron chi connectivity index (χ4n) is 8.45. The van der Waals surface area contributed by atoms with Crippen LogP contribution in [0, 0.1) is 16.7 Å². The van der Waals surface area contributed by atoms with Crippen molar-refractivity contribution in [2.45, 2.75) is 142 Å². The Bertz CT molecular complexity index is 1590. The Morgan fingerprint density at radius 1 is 0.882 bits per heavy atom. The fraction of sp³-hybridized carbons (Fsp3) is 0.641. The molecule has 51 heavy (non-hydrogen) atoms. The maximum Gasteiger partial charge on any atom is 0.338 e. The summed E-state index contributed by atoms with van der Waals surface area (Å²) in [6, 6.07) is 8.32. The van der Waals surface area contributed by atoms with Crippen molar-refractivity contribution in [3.63, 3.8) is 0 Å². The van der Waals surface area contributed by atoms with E-state index in [4.69, 9.17) is 23.4 Å². The summed E-state index contributed by atoms with van der Waals surface area (Å²) >= 11 is 0. The minimum atomic E-state index is -2.52. The summed E-state index contributed by atoms with van der Waals surface area (Å²) < 4.78 is 32.0. The minimum absolute atomic E-state index is 0.0858. The van der Waals surface area contributed by atoms with Crippen molar-refractivity contribution in [1.82, 2.24) is 0 Å². The summed E-state index contributed by atoms with van der Waals surface area (Å²) in [5.74, 6) is -3.90. The van der Waals surface area contributed by atoms with Crippen LogP contribution in [0.5, 0.6) is 0 Å². The van der Waals surface area contributed by atoms with Crippen LogP contribution in [0.15, 0.2) is 53.6 Å². The topological polar surface area (TPSA) is 155 Å². The molecule has 4 rings (SSSR count). The molecule has 0 bridgehead atoms. The zero-order valence-electron chi connectivity index (χ0n) is 32.1. The maximum atomic E-state index is 14.1. The molecule has 0 spiro atoms. The number of esters is 4. The Balaban J connectivity index is 2.20. The molecule has 2 saturated carbocycles. The normalized spacial score (nSPS) is 32.7. The van der Waals surface area contributed by atoms with Gasteiger partial charge in [-0.25, -0.2) is 4.79 Å². The van der Waals surface area contributed by atoms with E-state index in [0.29, 0.717) is 11.1 Å². The zero-order chi connectivity index (χ0) is 38.6. The van der Waals surface area contributed by atoms with Gasteiger partial charge in [0, 0.05) is 33.1 Å². The zero-order valence-corrected chi connectivity index (χ0v) is 33.1.